The molecule has 0 unspecified atom stereocenters. The van der Waals surface area contributed by atoms with E-state index in [0.29, 0.717) is 30.3 Å². The molecule has 2 heterocycles. The molecule has 0 saturated carbocycles. The van der Waals surface area contributed by atoms with E-state index < -0.39 is 0 Å². The molecule has 8 heteroatoms. The van der Waals surface area contributed by atoms with Crippen LogP contribution in [0.1, 0.15) is 17.7 Å². The van der Waals surface area contributed by atoms with E-state index in [-0.39, 0.29) is 6.03 Å². The lowest BCUT2D eigenvalue weighted by Crippen LogP contribution is -2.40. The Bertz CT molecular complexity index is 958. The van der Waals surface area contributed by atoms with Crippen LogP contribution in [0.4, 0.5) is 10.5 Å². The third kappa shape index (κ3) is 5.28. The van der Waals surface area contributed by atoms with Crippen LogP contribution in [0.2, 0.25) is 0 Å². The summed E-state index contributed by atoms with van der Waals surface area (Å²) < 4.78 is 12.8. The first-order valence-electron chi connectivity index (χ1n) is 9.75. The summed E-state index contributed by atoms with van der Waals surface area (Å²) in [7, 11) is 3.16. The van der Waals surface area contributed by atoms with Crippen molar-refractivity contribution in [1.29, 1.82) is 0 Å². The fraction of sp³-hybridized carbons (Fsp3) is 0.318. The summed E-state index contributed by atoms with van der Waals surface area (Å²) in [6, 6.07) is 9.03. The molecule has 0 aliphatic carbocycles. The number of methoxy groups -OCH3 is 2. The summed E-state index contributed by atoms with van der Waals surface area (Å²) in [5, 5.41) is 3.01. The molecule has 0 fully saturated rings. The van der Waals surface area contributed by atoms with Gasteiger partial charge in [-0.2, -0.15) is 0 Å². The van der Waals surface area contributed by atoms with Gasteiger partial charge in [-0.1, -0.05) is 6.07 Å². The topological polar surface area (TPSA) is 81.5 Å². The number of amides is 2. The lowest BCUT2D eigenvalue weighted by atomic mass is 10.2. The Balaban J connectivity index is 1.72. The lowest BCUT2D eigenvalue weighted by Gasteiger charge is -2.24. The quantitative estimate of drug-likeness (QED) is 0.548. The maximum Gasteiger partial charge on any atom is 0.322 e. The number of aryl methyl sites for hydroxylation is 2. The van der Waals surface area contributed by atoms with E-state index in [1.54, 1.807) is 50.0 Å². The molecule has 3 aromatic rings. The normalized spacial score (nSPS) is 10.5. The molecule has 0 atom stereocenters. The molecule has 158 valence electrons. The highest BCUT2D eigenvalue weighted by molar-refractivity contribution is 5.92. The van der Waals surface area contributed by atoms with Gasteiger partial charge in [-0.3, -0.25) is 9.88 Å². The smallest absolute Gasteiger partial charge is 0.322 e. The van der Waals surface area contributed by atoms with Crippen molar-refractivity contribution in [3.05, 3.63) is 66.5 Å². The molecule has 3 rings (SSSR count). The molecule has 0 saturated heterocycles. The number of nitrogens with one attached hydrogen (secondary N) is 1. The third-order valence-electron chi connectivity index (χ3n) is 4.76. The second-order valence-corrected chi connectivity index (χ2v) is 6.80. The summed E-state index contributed by atoms with van der Waals surface area (Å²) in [6.45, 7) is 3.74. The maximum atomic E-state index is 13.0. The van der Waals surface area contributed by atoms with E-state index in [0.717, 1.165) is 24.2 Å². The van der Waals surface area contributed by atoms with Crippen LogP contribution in [0.5, 0.6) is 11.5 Å². The van der Waals surface area contributed by atoms with E-state index >= 15 is 0 Å². The molecule has 1 aromatic carbocycles. The van der Waals surface area contributed by atoms with Gasteiger partial charge in [0.1, 0.15) is 0 Å². The number of ether oxygens (including phenoxy) is 2. The summed E-state index contributed by atoms with van der Waals surface area (Å²) >= 11 is 0. The zero-order valence-electron chi connectivity index (χ0n) is 17.5. The summed E-state index contributed by atoms with van der Waals surface area (Å²) in [5.74, 6) is 1.17. The van der Waals surface area contributed by atoms with Crippen LogP contribution < -0.4 is 19.7 Å². The fourth-order valence-corrected chi connectivity index (χ4v) is 3.11. The van der Waals surface area contributed by atoms with Gasteiger partial charge in [0.05, 0.1) is 27.1 Å². The van der Waals surface area contributed by atoms with E-state index in [1.165, 1.54) is 0 Å². The molecule has 0 aliphatic heterocycles. The average molecular weight is 409 g/mol. The first-order valence-corrected chi connectivity index (χ1v) is 9.75. The first kappa shape index (κ1) is 21.2. The number of benzene rings is 1. The van der Waals surface area contributed by atoms with Crippen LogP contribution >= 0.6 is 0 Å². The van der Waals surface area contributed by atoms with Crippen LogP contribution in [-0.4, -0.2) is 41.3 Å². The van der Waals surface area contributed by atoms with Gasteiger partial charge < -0.3 is 19.4 Å². The summed E-state index contributed by atoms with van der Waals surface area (Å²) in [4.78, 5) is 23.0. The van der Waals surface area contributed by atoms with Crippen LogP contribution in [0.25, 0.3) is 0 Å². The van der Waals surface area contributed by atoms with E-state index in [9.17, 15) is 4.79 Å². The molecule has 0 spiro atoms. The number of carbonyl (C=O) groups excluding carboxylic acids is 1. The predicted octanol–water partition coefficient (Wildman–Crippen LogP) is 3.41. The van der Waals surface area contributed by atoms with Crippen molar-refractivity contribution < 1.29 is 14.3 Å². The highest BCUT2D eigenvalue weighted by atomic mass is 16.5. The number of anilines is 1. The fourth-order valence-electron chi connectivity index (χ4n) is 3.11. The first-order chi connectivity index (χ1) is 14.6. The van der Waals surface area contributed by atoms with Gasteiger partial charge in [-0.05, 0) is 37.1 Å². The van der Waals surface area contributed by atoms with Gasteiger partial charge in [-0.15, -0.1) is 0 Å². The molecule has 1 N–H and O–H groups in total. The summed E-state index contributed by atoms with van der Waals surface area (Å²) in [6.07, 6.45) is 7.89. The number of rotatable bonds is 9. The molecule has 2 aromatic heterocycles. The van der Waals surface area contributed by atoms with Crippen molar-refractivity contribution in [2.45, 2.75) is 26.4 Å². The van der Waals surface area contributed by atoms with E-state index in [4.69, 9.17) is 9.47 Å². The summed E-state index contributed by atoms with van der Waals surface area (Å²) in [5.41, 5.74) is 2.74. The van der Waals surface area contributed by atoms with Gasteiger partial charge in [0, 0.05) is 49.1 Å². The van der Waals surface area contributed by atoms with Crippen LogP contribution in [0, 0.1) is 6.92 Å². The largest absolute Gasteiger partial charge is 0.493 e. The number of hydrogen-bond donors (Lipinski definition) is 1. The van der Waals surface area contributed by atoms with Gasteiger partial charge >= 0.3 is 6.03 Å². The highest BCUT2D eigenvalue weighted by Gasteiger charge is 2.18. The molecule has 0 bridgehead atoms. The standard InChI is InChI=1S/C22H27N5O3/c1-17-13-24-16-26(17)11-5-10-25-22(28)27(15-18-6-4-9-23-14-18)19-7-8-20(29-2)21(12-19)30-3/h4,6-9,12-14,16H,5,10-11,15H2,1-3H3,(H,25,28). The Morgan fingerprint density at radius 3 is 2.63 bits per heavy atom. The Morgan fingerprint density at radius 1 is 1.13 bits per heavy atom. The molecule has 8 nitrogen and oxygen atoms in total. The average Bonchev–Trinajstić information content (AvgIpc) is 3.19. The molecular formula is C22H27N5O3. The molecule has 30 heavy (non-hydrogen) atoms. The van der Waals surface area contributed by atoms with Crippen molar-refractivity contribution in [3.8, 4) is 11.5 Å². The van der Waals surface area contributed by atoms with Crippen molar-refractivity contribution >= 4 is 11.7 Å². The van der Waals surface area contributed by atoms with Crippen LogP contribution in [0.3, 0.4) is 0 Å². The zero-order valence-corrected chi connectivity index (χ0v) is 17.5. The van der Waals surface area contributed by atoms with Gasteiger partial charge in [0.15, 0.2) is 11.5 Å². The Kier molecular flexibility index (Phi) is 7.26. The maximum absolute atomic E-state index is 13.0. The molecular weight excluding hydrogens is 382 g/mol. The monoisotopic (exact) mass is 409 g/mol. The van der Waals surface area contributed by atoms with Gasteiger partial charge in [0.25, 0.3) is 0 Å². The van der Waals surface area contributed by atoms with Crippen molar-refractivity contribution in [2.75, 3.05) is 25.7 Å². The Hall–Kier alpha value is -3.55. The van der Waals surface area contributed by atoms with E-state index in [2.05, 4.69) is 19.9 Å². The molecule has 2 amide bonds. The van der Waals surface area contributed by atoms with Crippen LogP contribution in [0.15, 0.2) is 55.2 Å². The number of hydrogen-bond acceptors (Lipinski definition) is 5. The number of urea groups is 1. The van der Waals surface area contributed by atoms with Crippen molar-refractivity contribution in [2.24, 2.45) is 0 Å². The minimum Gasteiger partial charge on any atom is -0.493 e. The predicted molar refractivity (Wildman–Crippen MR) is 115 cm³/mol. The number of imidazole rings is 1. The second-order valence-electron chi connectivity index (χ2n) is 6.80. The molecule has 0 radical (unpaired) electrons. The van der Waals surface area contributed by atoms with E-state index in [1.807, 2.05) is 31.3 Å². The molecule has 0 aliphatic rings. The number of nitrogens with zero attached hydrogens (tertiary/aromatic N) is 4. The number of aromatic nitrogens is 3. The Morgan fingerprint density at radius 2 is 1.97 bits per heavy atom. The lowest BCUT2D eigenvalue weighted by molar-refractivity contribution is 0.245. The SMILES string of the molecule is COc1ccc(N(Cc2cccnc2)C(=O)NCCCn2cncc2C)cc1OC. The minimum atomic E-state index is -0.187. The second kappa shape index (κ2) is 10.3. The van der Waals surface area contributed by atoms with Gasteiger partial charge in [-0.25, -0.2) is 9.78 Å². The number of pyridine rings is 1. The van der Waals surface area contributed by atoms with Crippen molar-refractivity contribution in [1.82, 2.24) is 19.9 Å². The zero-order chi connectivity index (χ0) is 21.3. The van der Waals surface area contributed by atoms with Crippen molar-refractivity contribution in [3.63, 3.8) is 0 Å². The van der Waals surface area contributed by atoms with Gasteiger partial charge in [0.2, 0.25) is 0 Å². The third-order valence-corrected chi connectivity index (χ3v) is 4.76. The minimum absolute atomic E-state index is 0.187. The highest BCUT2D eigenvalue weighted by Crippen LogP contribution is 2.32. The van der Waals surface area contributed by atoms with Crippen LogP contribution in [-0.2, 0) is 13.1 Å². The Labute approximate surface area is 176 Å². The number of carbonyl (C=O) groups is 1.